The summed E-state index contributed by atoms with van der Waals surface area (Å²) in [4.78, 5) is 97.5. The molecule has 18 heteroatoms. The Hall–Kier alpha value is -5.26. The third-order valence-corrected chi connectivity index (χ3v) is 6.90. The smallest absolute Gasteiger partial charge is 0.426 e. The van der Waals surface area contributed by atoms with Crippen LogP contribution in [0.3, 0.4) is 0 Å². The fourth-order valence-corrected chi connectivity index (χ4v) is 4.38. The van der Waals surface area contributed by atoms with Gasteiger partial charge in [-0.3, -0.25) is 39.4 Å². The van der Waals surface area contributed by atoms with Gasteiger partial charge in [0.2, 0.25) is 29.5 Å². The largest absolute Gasteiger partial charge is 0.507 e. The molecule has 18 nitrogen and oxygen atoms in total. The van der Waals surface area contributed by atoms with Gasteiger partial charge in [0.25, 0.3) is 5.91 Å². The van der Waals surface area contributed by atoms with Crippen LogP contribution in [0.15, 0.2) is 18.2 Å². The first-order chi connectivity index (χ1) is 24.0. The zero-order chi connectivity index (χ0) is 38.4. The number of nitrogens with one attached hydrogen (secondary N) is 6. The molecule has 0 radical (unpaired) electrons. The summed E-state index contributed by atoms with van der Waals surface area (Å²) in [7, 11) is 0. The van der Waals surface area contributed by atoms with E-state index in [9.17, 15) is 43.5 Å². The van der Waals surface area contributed by atoms with Crippen LogP contribution in [0.25, 0.3) is 0 Å². The van der Waals surface area contributed by atoms with E-state index in [0.717, 1.165) is 0 Å². The number of phenolic OH excluding ortho intramolecular Hbond substituents is 1. The van der Waals surface area contributed by atoms with Gasteiger partial charge in [0.15, 0.2) is 0 Å². The number of carbonyl (C=O) groups excluding carboxylic acids is 8. The molecule has 0 saturated carbocycles. The normalized spacial score (nSPS) is 10.7. The summed E-state index contributed by atoms with van der Waals surface area (Å²) >= 11 is 0. The summed E-state index contributed by atoms with van der Waals surface area (Å²) in [6, 6.07) is 4.07. The molecular formula is C33H51N7O11. The number of Topliss-reactive ketones (excluding diaryl/α,β-unsaturated/α-hetero) is 1. The van der Waals surface area contributed by atoms with E-state index in [2.05, 4.69) is 26.8 Å². The Balaban J connectivity index is 2.52. The van der Waals surface area contributed by atoms with Crippen LogP contribution in [0.5, 0.6) is 5.75 Å². The molecule has 0 aliphatic rings. The molecule has 0 fully saturated rings. The van der Waals surface area contributed by atoms with Gasteiger partial charge in [0.05, 0.1) is 5.56 Å². The molecule has 0 aliphatic heterocycles. The highest BCUT2D eigenvalue weighted by atomic mass is 16.6. The predicted molar refractivity (Wildman–Crippen MR) is 182 cm³/mol. The second-order valence-corrected chi connectivity index (χ2v) is 12.6. The molecule has 0 bridgehead atoms. The van der Waals surface area contributed by atoms with Crippen molar-refractivity contribution in [3.63, 3.8) is 0 Å². The van der Waals surface area contributed by atoms with Gasteiger partial charge in [0, 0.05) is 71.2 Å². The van der Waals surface area contributed by atoms with E-state index >= 15 is 0 Å². The average molecular weight is 722 g/mol. The monoisotopic (exact) mass is 721 g/mol. The Labute approximate surface area is 296 Å². The minimum absolute atomic E-state index is 0.0164. The van der Waals surface area contributed by atoms with Gasteiger partial charge in [-0.05, 0) is 64.7 Å². The molecule has 1 aromatic rings. The summed E-state index contributed by atoms with van der Waals surface area (Å²) in [6.45, 7) is 7.00. The van der Waals surface area contributed by atoms with E-state index in [4.69, 9.17) is 9.94 Å². The lowest BCUT2D eigenvalue weighted by molar-refractivity contribution is -0.132. The fraction of sp³-hybridized carbons (Fsp3) is 0.576. The number of hydrogen-bond acceptors (Lipinski definition) is 11. The Morgan fingerprint density at radius 3 is 1.78 bits per heavy atom. The van der Waals surface area contributed by atoms with Crippen LogP contribution >= 0.6 is 0 Å². The number of carbonyl (C=O) groups is 8. The molecule has 7 amide bonds. The second-order valence-electron chi connectivity index (χ2n) is 12.6. The lowest BCUT2D eigenvalue weighted by Gasteiger charge is -2.23. The molecule has 0 aromatic heterocycles. The first-order valence-corrected chi connectivity index (χ1v) is 16.6. The van der Waals surface area contributed by atoms with Crippen molar-refractivity contribution >= 4 is 47.3 Å². The summed E-state index contributed by atoms with van der Waals surface area (Å²) in [5, 5.41) is 26.7. The minimum atomic E-state index is -0.878. The number of amides is 7. The minimum Gasteiger partial charge on any atom is -0.507 e. The molecular weight excluding hydrogens is 670 g/mol. The summed E-state index contributed by atoms with van der Waals surface area (Å²) in [6.07, 6.45) is 0.435. The molecule has 0 unspecified atom stereocenters. The maximum Gasteiger partial charge on any atom is 0.426 e. The fourth-order valence-electron chi connectivity index (χ4n) is 4.38. The standard InChI is InChI=1S/C33H51N7O11/c1-22(41)8-5-9-26(43)34-16-18-40(30(47)13-7-12-29(46)37-38-32(49)51-33(2,3)4)19-17-35-27(44)10-6-11-28(45)36-21-23-14-15-24(25(42)20-23)31(48)39-50/h14-15,20,42,50H,5-13,16-19,21H2,1-4H3,(H,34,43)(H,35,44)(H,36,45)(H,37,46)(H,38,49)(H,39,48). The number of ether oxygens (including phenoxy) is 1. The van der Waals surface area contributed by atoms with Crippen molar-refractivity contribution < 1.29 is 53.4 Å². The molecule has 51 heavy (non-hydrogen) atoms. The van der Waals surface area contributed by atoms with E-state index < -0.39 is 23.5 Å². The highest BCUT2D eigenvalue weighted by molar-refractivity contribution is 5.96. The summed E-state index contributed by atoms with van der Waals surface area (Å²) in [5.41, 5.74) is 5.40. The van der Waals surface area contributed by atoms with Gasteiger partial charge in [-0.1, -0.05) is 6.07 Å². The summed E-state index contributed by atoms with van der Waals surface area (Å²) < 4.78 is 5.03. The lowest BCUT2D eigenvalue weighted by Crippen LogP contribution is -2.44. The van der Waals surface area contributed by atoms with Crippen molar-refractivity contribution in [3.8, 4) is 5.75 Å². The SMILES string of the molecule is CC(=O)CCCC(=O)NCCN(CCNC(=O)CCCC(=O)NCc1ccc(C(=O)NO)c(O)c1)C(=O)CCCC(=O)NNC(=O)OC(C)(C)C. The van der Waals surface area contributed by atoms with E-state index in [0.29, 0.717) is 12.0 Å². The molecule has 0 aliphatic carbocycles. The van der Waals surface area contributed by atoms with Crippen molar-refractivity contribution in [1.82, 2.24) is 37.2 Å². The molecule has 0 heterocycles. The van der Waals surface area contributed by atoms with Crippen LogP contribution in [0.4, 0.5) is 4.79 Å². The number of phenols is 1. The van der Waals surface area contributed by atoms with Crippen LogP contribution < -0.4 is 32.3 Å². The number of hydrogen-bond donors (Lipinski definition) is 8. The maximum absolute atomic E-state index is 13.0. The third-order valence-electron chi connectivity index (χ3n) is 6.90. The van der Waals surface area contributed by atoms with Gasteiger partial charge in [-0.25, -0.2) is 15.7 Å². The van der Waals surface area contributed by atoms with Crippen LogP contribution in [-0.4, -0.2) is 94.3 Å². The van der Waals surface area contributed by atoms with Gasteiger partial charge in [-0.15, -0.1) is 0 Å². The third kappa shape index (κ3) is 20.8. The Bertz CT molecular complexity index is 1380. The van der Waals surface area contributed by atoms with E-state index in [1.165, 1.54) is 35.5 Å². The average Bonchev–Trinajstić information content (AvgIpc) is 3.04. The number of ketones is 1. The molecule has 1 aromatic carbocycles. The van der Waals surface area contributed by atoms with E-state index in [1.54, 1.807) is 20.8 Å². The highest BCUT2D eigenvalue weighted by Gasteiger charge is 2.18. The first-order valence-electron chi connectivity index (χ1n) is 16.6. The van der Waals surface area contributed by atoms with Crippen molar-refractivity contribution in [3.05, 3.63) is 29.3 Å². The Morgan fingerprint density at radius 2 is 1.25 bits per heavy atom. The van der Waals surface area contributed by atoms with Crippen LogP contribution in [0.1, 0.15) is 101 Å². The molecule has 8 N–H and O–H groups in total. The quantitative estimate of drug-likeness (QED) is 0.0652. The number of hydroxylamine groups is 1. The molecule has 0 spiro atoms. The van der Waals surface area contributed by atoms with Crippen LogP contribution in [-0.2, 0) is 40.0 Å². The van der Waals surface area contributed by atoms with Crippen molar-refractivity contribution in [1.29, 1.82) is 0 Å². The number of nitrogens with zero attached hydrogens (tertiary/aromatic N) is 1. The maximum atomic E-state index is 13.0. The van der Waals surface area contributed by atoms with Crippen LogP contribution in [0.2, 0.25) is 0 Å². The highest BCUT2D eigenvalue weighted by Crippen LogP contribution is 2.18. The second kappa shape index (κ2) is 23.2. The lowest BCUT2D eigenvalue weighted by atomic mass is 10.1. The van der Waals surface area contributed by atoms with Crippen molar-refractivity contribution in [2.75, 3.05) is 26.2 Å². The van der Waals surface area contributed by atoms with Crippen molar-refractivity contribution in [2.24, 2.45) is 0 Å². The predicted octanol–water partition coefficient (Wildman–Crippen LogP) is 0.844. The molecule has 0 saturated heterocycles. The topological polar surface area (TPSA) is 262 Å². The van der Waals surface area contributed by atoms with Crippen LogP contribution in [0, 0.1) is 0 Å². The van der Waals surface area contributed by atoms with Gasteiger partial charge in [0.1, 0.15) is 17.1 Å². The zero-order valence-electron chi connectivity index (χ0n) is 29.6. The molecule has 284 valence electrons. The van der Waals surface area contributed by atoms with Gasteiger partial charge < -0.3 is 35.5 Å². The number of aromatic hydroxyl groups is 1. The van der Waals surface area contributed by atoms with Crippen molar-refractivity contribution in [2.45, 2.75) is 97.6 Å². The van der Waals surface area contributed by atoms with Gasteiger partial charge in [-0.2, -0.15) is 0 Å². The Kier molecular flexibility index (Phi) is 19.9. The number of benzene rings is 1. The van der Waals surface area contributed by atoms with E-state index in [-0.39, 0.29) is 125 Å². The van der Waals surface area contributed by atoms with E-state index in [1.807, 2.05) is 0 Å². The Morgan fingerprint density at radius 1 is 0.725 bits per heavy atom. The number of rotatable bonds is 21. The van der Waals surface area contributed by atoms with Gasteiger partial charge >= 0.3 is 6.09 Å². The summed E-state index contributed by atoms with van der Waals surface area (Å²) in [5.74, 6) is -3.05. The number of hydrazine groups is 1. The molecule has 1 rings (SSSR count). The molecule has 0 atom stereocenters. The zero-order valence-corrected chi connectivity index (χ0v) is 29.6. The first kappa shape index (κ1) is 43.8.